The van der Waals surface area contributed by atoms with Crippen molar-refractivity contribution in [3.05, 3.63) is 96.1 Å². The number of carbonyl (C=O) groups excluding carboxylic acids is 5. The number of benzene rings is 2. The minimum Gasteiger partial charge on any atom is -0.462 e. The molecule has 2 bridgehead atoms. The summed E-state index contributed by atoms with van der Waals surface area (Å²) in [5.41, 5.74) is -3.32. The predicted octanol–water partition coefficient (Wildman–Crippen LogP) is 5.43. The van der Waals surface area contributed by atoms with Gasteiger partial charge in [0, 0.05) is 32.6 Å². The van der Waals surface area contributed by atoms with Crippen molar-refractivity contribution >= 4 is 29.8 Å². The van der Waals surface area contributed by atoms with Crippen LogP contribution < -0.4 is 0 Å². The highest BCUT2D eigenvalue weighted by molar-refractivity contribution is 5.90. The van der Waals surface area contributed by atoms with E-state index in [1.807, 2.05) is 19.9 Å². The van der Waals surface area contributed by atoms with E-state index in [2.05, 4.69) is 6.58 Å². The van der Waals surface area contributed by atoms with Crippen LogP contribution in [0.3, 0.4) is 0 Å². The lowest BCUT2D eigenvalue weighted by Gasteiger charge is -2.51. The number of carbonyl (C=O) groups is 5. The Bertz CT molecular complexity index is 1750. The highest BCUT2D eigenvalue weighted by Gasteiger charge is 2.82. The van der Waals surface area contributed by atoms with Crippen LogP contribution in [0.2, 0.25) is 0 Å². The van der Waals surface area contributed by atoms with Gasteiger partial charge in [-0.2, -0.15) is 0 Å². The van der Waals surface area contributed by atoms with E-state index in [1.165, 1.54) is 20.8 Å². The highest BCUT2D eigenvalue weighted by atomic mass is 16.6. The Morgan fingerprint density at radius 3 is 1.86 bits per heavy atom. The molecule has 2 saturated carbocycles. The fourth-order valence-corrected chi connectivity index (χ4v) is 9.53. The molecule has 0 unspecified atom stereocenters. The molecule has 0 N–H and O–H groups in total. The third-order valence-corrected chi connectivity index (χ3v) is 11.1. The van der Waals surface area contributed by atoms with Crippen LogP contribution >= 0.6 is 0 Å². The lowest BCUT2D eigenvalue weighted by Crippen LogP contribution is -2.64. The number of fused-ring (bicyclic) bond motifs is 1. The monoisotopic (exact) mass is 700 g/mol. The first-order valence-electron chi connectivity index (χ1n) is 17.2. The van der Waals surface area contributed by atoms with Gasteiger partial charge < -0.3 is 28.4 Å². The van der Waals surface area contributed by atoms with Gasteiger partial charge in [0.1, 0.15) is 23.9 Å². The summed E-state index contributed by atoms with van der Waals surface area (Å²) in [6.07, 6.45) is -0.941. The normalized spacial score (nSPS) is 36.0. The number of hydrogen-bond donors (Lipinski definition) is 0. The largest absolute Gasteiger partial charge is 0.462 e. The quantitative estimate of drug-likeness (QED) is 0.198. The maximum atomic E-state index is 14.1. The molecule has 0 spiro atoms. The number of rotatable bonds is 8. The first-order valence-corrected chi connectivity index (χ1v) is 17.2. The van der Waals surface area contributed by atoms with E-state index in [4.69, 9.17) is 28.4 Å². The number of hydrogen-bond acceptors (Lipinski definition) is 11. The Balaban J connectivity index is 1.66. The van der Waals surface area contributed by atoms with Crippen molar-refractivity contribution in [2.45, 2.75) is 83.6 Å². The zero-order chi connectivity index (χ0) is 36.9. The van der Waals surface area contributed by atoms with Gasteiger partial charge in [-0.3, -0.25) is 14.4 Å². The fraction of sp³-hybridized carbons (Fsp3) is 0.475. The fourth-order valence-electron chi connectivity index (χ4n) is 9.53. The van der Waals surface area contributed by atoms with Crippen molar-refractivity contribution < 1.29 is 52.4 Å². The lowest BCUT2D eigenvalue weighted by molar-refractivity contribution is -0.238. The van der Waals surface area contributed by atoms with Crippen molar-refractivity contribution in [1.29, 1.82) is 0 Å². The molecular formula is C40H44O11. The summed E-state index contributed by atoms with van der Waals surface area (Å²) in [5.74, 6) is -6.08. The molecule has 3 aliphatic carbocycles. The summed E-state index contributed by atoms with van der Waals surface area (Å²) in [7, 11) is 0. The minimum atomic E-state index is -1.75. The Morgan fingerprint density at radius 2 is 1.33 bits per heavy atom. The molecule has 1 aliphatic heterocycles. The molecule has 11 nitrogen and oxygen atoms in total. The van der Waals surface area contributed by atoms with E-state index in [0.717, 1.165) is 5.57 Å². The first kappa shape index (κ1) is 36.0. The summed E-state index contributed by atoms with van der Waals surface area (Å²) in [5, 5.41) is 0. The summed E-state index contributed by atoms with van der Waals surface area (Å²) in [4.78, 5) is 67.2. The maximum Gasteiger partial charge on any atom is 0.338 e. The molecule has 11 heteroatoms. The number of ether oxygens (including phenoxy) is 6. The van der Waals surface area contributed by atoms with Gasteiger partial charge in [-0.15, -0.1) is 0 Å². The molecule has 0 aromatic heterocycles. The molecule has 1 heterocycles. The van der Waals surface area contributed by atoms with Crippen molar-refractivity contribution in [3.8, 4) is 0 Å². The van der Waals surface area contributed by atoms with E-state index >= 15 is 0 Å². The molecule has 51 heavy (non-hydrogen) atoms. The Hall–Kier alpha value is -4.77. The van der Waals surface area contributed by atoms with Gasteiger partial charge in [-0.25, -0.2) is 9.59 Å². The summed E-state index contributed by atoms with van der Waals surface area (Å²) in [6, 6.07) is 16.9. The van der Waals surface area contributed by atoms with Crippen LogP contribution in [0.4, 0.5) is 0 Å². The third kappa shape index (κ3) is 5.95. The van der Waals surface area contributed by atoms with E-state index < -0.39 is 94.6 Å². The van der Waals surface area contributed by atoms with Gasteiger partial charge in [0.05, 0.1) is 29.1 Å². The zero-order valence-corrected chi connectivity index (χ0v) is 29.7. The topological polar surface area (TPSA) is 141 Å². The van der Waals surface area contributed by atoms with Gasteiger partial charge in [0.25, 0.3) is 0 Å². The van der Waals surface area contributed by atoms with Crippen molar-refractivity contribution in [2.75, 3.05) is 6.61 Å². The first-order chi connectivity index (χ1) is 24.2. The van der Waals surface area contributed by atoms with Crippen LogP contribution in [-0.2, 0) is 42.8 Å². The van der Waals surface area contributed by atoms with Gasteiger partial charge >= 0.3 is 29.8 Å². The molecule has 2 aromatic rings. The van der Waals surface area contributed by atoms with Crippen LogP contribution in [0.15, 0.2) is 85.0 Å². The molecule has 270 valence electrons. The Kier molecular flexibility index (Phi) is 9.48. The second-order valence-corrected chi connectivity index (χ2v) is 14.5. The van der Waals surface area contributed by atoms with Gasteiger partial charge in [0.2, 0.25) is 0 Å². The van der Waals surface area contributed by atoms with Gasteiger partial charge in [-0.05, 0) is 56.5 Å². The molecule has 2 aromatic carbocycles. The smallest absolute Gasteiger partial charge is 0.338 e. The molecule has 0 amide bonds. The molecule has 0 radical (unpaired) electrons. The Morgan fingerprint density at radius 1 is 0.765 bits per heavy atom. The summed E-state index contributed by atoms with van der Waals surface area (Å²) < 4.78 is 38.6. The van der Waals surface area contributed by atoms with E-state index in [-0.39, 0.29) is 18.6 Å². The van der Waals surface area contributed by atoms with Crippen molar-refractivity contribution in [3.63, 3.8) is 0 Å². The van der Waals surface area contributed by atoms with Crippen molar-refractivity contribution in [2.24, 2.45) is 29.1 Å². The van der Waals surface area contributed by atoms with E-state index in [0.29, 0.717) is 5.56 Å². The van der Waals surface area contributed by atoms with Crippen LogP contribution in [0, 0.1) is 29.1 Å². The van der Waals surface area contributed by atoms with Crippen LogP contribution in [0.5, 0.6) is 0 Å². The van der Waals surface area contributed by atoms with Gasteiger partial charge in [0.15, 0.2) is 11.7 Å². The summed E-state index contributed by atoms with van der Waals surface area (Å²) >= 11 is 0. The van der Waals surface area contributed by atoms with Gasteiger partial charge in [-0.1, -0.05) is 61.5 Å². The second kappa shape index (κ2) is 13.4. The second-order valence-electron chi connectivity index (χ2n) is 14.5. The summed E-state index contributed by atoms with van der Waals surface area (Å²) in [6.45, 7) is 13.4. The van der Waals surface area contributed by atoms with Crippen LogP contribution in [-0.4, -0.2) is 72.1 Å². The molecular weight excluding hydrogens is 656 g/mol. The number of allylic oxidation sites excluding steroid dienone is 2. The maximum absolute atomic E-state index is 14.1. The predicted molar refractivity (Wildman–Crippen MR) is 182 cm³/mol. The molecule has 4 aliphatic rings. The SMILES string of the molecule is C=C(C)[C@H]1C=C[C@@H](OC(=O)c2ccccc2)[C@@]23CO[C@](C)([C@@H](OC(=O)c4ccccc4)[C@@]4(OC(C)=O)C[C@H](C)[C@H](OC(C)=O)[C@@H]4[C@H]2OC(C)=O)[C@H]13. The third-order valence-electron chi connectivity index (χ3n) is 11.1. The van der Waals surface area contributed by atoms with E-state index in [1.54, 1.807) is 73.7 Å². The highest BCUT2D eigenvalue weighted by Crippen LogP contribution is 2.68. The molecule has 3 fully saturated rings. The molecule has 11 atom stereocenters. The standard InChI is InChI=1S/C40H44O11/c1-22(2)29-18-19-30(49-35(44)27-14-10-8-11-15-27)39-21-46-38(7,33(29)39)37(50-36(45)28-16-12-9-13-17-28)40(51-26(6)43)20-23(3)32(47-24(4)41)31(40)34(39)48-25(5)42/h8-19,23,29-34,37H,1,20-21H2,2-7H3/t23-,29+,30+,31+,32-,33-,34+,37+,38-,39+,40+/m0/s1. The average molecular weight is 701 g/mol. The van der Waals surface area contributed by atoms with Crippen LogP contribution in [0.1, 0.15) is 68.7 Å². The Labute approximate surface area is 297 Å². The molecule has 1 saturated heterocycles. The zero-order valence-electron chi connectivity index (χ0n) is 29.7. The van der Waals surface area contributed by atoms with Crippen molar-refractivity contribution in [1.82, 2.24) is 0 Å². The average Bonchev–Trinajstić information content (AvgIpc) is 3.52. The van der Waals surface area contributed by atoms with Crippen LogP contribution in [0.25, 0.3) is 0 Å². The minimum absolute atomic E-state index is 0.0566. The number of esters is 5. The molecule has 6 rings (SSSR count). The lowest BCUT2D eigenvalue weighted by atomic mass is 9.55. The van der Waals surface area contributed by atoms with E-state index in [9.17, 15) is 24.0 Å².